The molecule has 0 saturated carbocycles. The van der Waals surface area contributed by atoms with Crippen molar-refractivity contribution in [2.75, 3.05) is 7.11 Å². The van der Waals surface area contributed by atoms with Gasteiger partial charge in [-0.15, -0.1) is 0 Å². The third kappa shape index (κ3) is 2.62. The van der Waals surface area contributed by atoms with Gasteiger partial charge in [0.2, 0.25) is 0 Å². The lowest BCUT2D eigenvalue weighted by molar-refractivity contribution is 0.384. The molecule has 3 heteroatoms. The highest BCUT2D eigenvalue weighted by atomic mass is 29.3. The van der Waals surface area contributed by atoms with E-state index in [2.05, 4.69) is 94.5 Å². The van der Waals surface area contributed by atoms with E-state index in [1.165, 1.54) is 10.4 Å². The highest BCUT2D eigenvalue weighted by Gasteiger charge is 2.58. The second-order valence-electron chi connectivity index (χ2n) is 7.34. The Morgan fingerprint density at radius 3 is 1.36 bits per heavy atom. The largest absolute Gasteiger partial charge is 0.422 e. The van der Waals surface area contributed by atoms with Gasteiger partial charge < -0.3 is 4.43 Å². The fourth-order valence-corrected chi connectivity index (χ4v) is 19.2. The molecular weight excluding hydrogens is 300 g/mol. The number of hydrogen-bond donors (Lipinski definition) is 0. The van der Waals surface area contributed by atoms with Crippen LogP contribution in [0, 0.1) is 0 Å². The van der Waals surface area contributed by atoms with Crippen molar-refractivity contribution in [2.45, 2.75) is 38.9 Å². The lowest BCUT2D eigenvalue weighted by Crippen LogP contribution is -2.77. The van der Waals surface area contributed by atoms with Crippen molar-refractivity contribution < 1.29 is 4.43 Å². The molecule has 2 rings (SSSR count). The van der Waals surface area contributed by atoms with Crippen LogP contribution in [-0.2, 0) is 4.43 Å². The van der Waals surface area contributed by atoms with Gasteiger partial charge >= 0.3 is 0 Å². The van der Waals surface area contributed by atoms with Gasteiger partial charge in [0, 0.05) is 7.11 Å². The lowest BCUT2D eigenvalue weighted by Gasteiger charge is -2.50. The van der Waals surface area contributed by atoms with Gasteiger partial charge in [0.15, 0.2) is 7.83 Å². The summed E-state index contributed by atoms with van der Waals surface area (Å²) in [5.41, 5.74) is 0. The minimum absolute atomic E-state index is 0.175. The Bertz CT molecular complexity index is 565. The van der Waals surface area contributed by atoms with Crippen molar-refractivity contribution in [2.24, 2.45) is 0 Å². The molecule has 22 heavy (non-hydrogen) atoms. The van der Waals surface area contributed by atoms with E-state index in [0.29, 0.717) is 0 Å². The van der Waals surface area contributed by atoms with Crippen molar-refractivity contribution in [3.05, 3.63) is 60.7 Å². The molecule has 0 fully saturated rings. The molecule has 0 bridgehead atoms. The summed E-state index contributed by atoms with van der Waals surface area (Å²) in [6.07, 6.45) is 0. The number of rotatable bonds is 4. The third-order valence-electron chi connectivity index (χ3n) is 5.50. The summed E-state index contributed by atoms with van der Waals surface area (Å²) in [5.74, 6) is 0. The monoisotopic (exact) mass is 328 g/mol. The predicted octanol–water partition coefficient (Wildman–Crippen LogP) is 3.98. The van der Waals surface area contributed by atoms with E-state index in [-0.39, 0.29) is 5.04 Å². The SMILES string of the molecule is CO[Si](C)(C(C)(C)C)[Si](C)(c1ccccc1)c1ccccc1. The fourth-order valence-electron chi connectivity index (χ4n) is 3.52. The Balaban J connectivity index is 2.77. The van der Waals surface area contributed by atoms with Gasteiger partial charge in [-0.3, -0.25) is 0 Å². The summed E-state index contributed by atoms with van der Waals surface area (Å²) in [5, 5.41) is 3.13. The first kappa shape index (κ1) is 17.2. The molecule has 0 radical (unpaired) electrons. The summed E-state index contributed by atoms with van der Waals surface area (Å²) in [6.45, 7) is 12.0. The Hall–Kier alpha value is -1.17. The molecular formula is C19H28OSi2. The van der Waals surface area contributed by atoms with E-state index in [1.807, 2.05) is 7.11 Å². The summed E-state index contributed by atoms with van der Waals surface area (Å²) in [6, 6.07) is 22.1. The summed E-state index contributed by atoms with van der Waals surface area (Å²) < 4.78 is 6.38. The molecule has 2 aromatic carbocycles. The van der Waals surface area contributed by atoms with E-state index < -0.39 is 15.4 Å². The minimum Gasteiger partial charge on any atom is -0.422 e. The molecule has 0 aromatic heterocycles. The molecule has 0 spiro atoms. The van der Waals surface area contributed by atoms with Crippen LogP contribution in [0.4, 0.5) is 0 Å². The van der Waals surface area contributed by atoms with Crippen LogP contribution in [0.3, 0.4) is 0 Å². The van der Waals surface area contributed by atoms with E-state index in [9.17, 15) is 0 Å². The Morgan fingerprint density at radius 1 is 0.727 bits per heavy atom. The lowest BCUT2D eigenvalue weighted by atomic mass is 10.3. The zero-order chi connectivity index (χ0) is 16.4. The van der Waals surface area contributed by atoms with Crippen LogP contribution < -0.4 is 10.4 Å². The van der Waals surface area contributed by atoms with Crippen molar-refractivity contribution in [1.29, 1.82) is 0 Å². The van der Waals surface area contributed by atoms with E-state index in [4.69, 9.17) is 4.43 Å². The average Bonchev–Trinajstić information content (AvgIpc) is 2.53. The molecule has 1 nitrogen and oxygen atoms in total. The number of benzene rings is 2. The van der Waals surface area contributed by atoms with Gasteiger partial charge in [0.25, 0.3) is 0 Å². The fraction of sp³-hybridized carbons (Fsp3) is 0.368. The molecule has 118 valence electrons. The van der Waals surface area contributed by atoms with Gasteiger partial charge in [-0.25, -0.2) is 0 Å². The van der Waals surface area contributed by atoms with Crippen molar-refractivity contribution in [1.82, 2.24) is 0 Å². The average molecular weight is 329 g/mol. The van der Waals surface area contributed by atoms with Crippen molar-refractivity contribution in [3.8, 4) is 0 Å². The normalized spacial score (nSPS) is 15.4. The molecule has 1 atom stereocenters. The molecule has 2 aromatic rings. The van der Waals surface area contributed by atoms with E-state index in [1.54, 1.807) is 0 Å². The summed E-state index contributed by atoms with van der Waals surface area (Å²) in [7, 11) is -2.07. The van der Waals surface area contributed by atoms with Crippen LogP contribution >= 0.6 is 0 Å². The highest BCUT2D eigenvalue weighted by molar-refractivity contribution is 7.49. The second-order valence-corrected chi connectivity index (χ2v) is 20.6. The maximum atomic E-state index is 6.38. The maximum absolute atomic E-state index is 6.38. The molecule has 0 heterocycles. The maximum Gasteiger partial charge on any atom is 0.191 e. The standard InChI is InChI=1S/C19H28OSi2/c1-19(2,3)22(6,20-4)21(5,17-13-9-7-10-14-17)18-15-11-8-12-16-18/h7-16H,1-6H3. The van der Waals surface area contributed by atoms with Crippen molar-refractivity contribution >= 4 is 25.8 Å². The number of hydrogen-bond acceptors (Lipinski definition) is 1. The predicted molar refractivity (Wildman–Crippen MR) is 102 cm³/mol. The summed E-state index contributed by atoms with van der Waals surface area (Å²) >= 11 is 0. The molecule has 0 aliphatic carbocycles. The highest BCUT2D eigenvalue weighted by Crippen LogP contribution is 2.42. The van der Waals surface area contributed by atoms with Crippen LogP contribution in [0.5, 0.6) is 0 Å². The smallest absolute Gasteiger partial charge is 0.191 e. The first-order chi connectivity index (χ1) is 10.3. The van der Waals surface area contributed by atoms with Crippen LogP contribution in [0.2, 0.25) is 18.1 Å². The van der Waals surface area contributed by atoms with Gasteiger partial charge in [0.1, 0.15) is 7.59 Å². The third-order valence-corrected chi connectivity index (χ3v) is 24.4. The van der Waals surface area contributed by atoms with Crippen molar-refractivity contribution in [3.63, 3.8) is 0 Å². The minimum atomic E-state index is -2.02. The molecule has 0 N–H and O–H groups in total. The topological polar surface area (TPSA) is 9.23 Å². The van der Waals surface area contributed by atoms with Gasteiger partial charge in [-0.2, -0.15) is 0 Å². The Kier molecular flexibility index (Phi) is 4.80. The van der Waals surface area contributed by atoms with Crippen LogP contribution in [0.15, 0.2) is 60.7 Å². The Morgan fingerprint density at radius 2 is 1.09 bits per heavy atom. The first-order valence-corrected chi connectivity index (χ1v) is 13.8. The Labute approximate surface area is 137 Å². The molecule has 0 aliphatic heterocycles. The molecule has 1 unspecified atom stereocenters. The first-order valence-electron chi connectivity index (χ1n) is 7.93. The molecule has 0 saturated heterocycles. The molecule has 0 amide bonds. The van der Waals surface area contributed by atoms with E-state index in [0.717, 1.165) is 0 Å². The van der Waals surface area contributed by atoms with Gasteiger partial charge in [-0.1, -0.05) is 98.4 Å². The van der Waals surface area contributed by atoms with Crippen LogP contribution in [0.1, 0.15) is 20.8 Å². The van der Waals surface area contributed by atoms with Crippen LogP contribution in [0.25, 0.3) is 0 Å². The van der Waals surface area contributed by atoms with Crippen LogP contribution in [-0.4, -0.2) is 22.5 Å². The quantitative estimate of drug-likeness (QED) is 0.771. The molecule has 0 aliphatic rings. The summed E-state index contributed by atoms with van der Waals surface area (Å²) in [4.78, 5) is 0. The van der Waals surface area contributed by atoms with E-state index >= 15 is 0 Å². The van der Waals surface area contributed by atoms with Gasteiger partial charge in [0.05, 0.1) is 0 Å². The van der Waals surface area contributed by atoms with Gasteiger partial charge in [-0.05, 0) is 11.6 Å². The zero-order valence-electron chi connectivity index (χ0n) is 14.7. The second kappa shape index (κ2) is 6.15. The zero-order valence-corrected chi connectivity index (χ0v) is 16.7.